The van der Waals surface area contributed by atoms with Gasteiger partial charge in [-0.15, -0.1) is 0 Å². The fourth-order valence-electron chi connectivity index (χ4n) is 8.18. The first kappa shape index (κ1) is 31.6. The third-order valence-electron chi connectivity index (χ3n) is 10.8. The fourth-order valence-corrected chi connectivity index (χ4v) is 8.18. The topological polar surface area (TPSA) is 67.4 Å². The number of nitrogens with zero attached hydrogens (tertiary/aromatic N) is 5. The molecule has 0 saturated carbocycles. The van der Waals surface area contributed by atoms with E-state index in [2.05, 4.69) is 109 Å². The van der Waals surface area contributed by atoms with E-state index in [4.69, 9.17) is 15.0 Å². The number of rotatable bonds is 5. The molecule has 0 bridgehead atoms. The van der Waals surface area contributed by atoms with Gasteiger partial charge in [0.1, 0.15) is 0 Å². The summed E-state index contributed by atoms with van der Waals surface area (Å²) in [6.45, 7) is 4.66. The molecule has 7 aromatic carbocycles. The van der Waals surface area contributed by atoms with Crippen LogP contribution >= 0.6 is 0 Å². The van der Waals surface area contributed by atoms with Crippen LogP contribution in [0.4, 0.5) is 0 Å². The lowest BCUT2D eigenvalue weighted by Gasteiger charge is -2.21. The van der Waals surface area contributed by atoms with Gasteiger partial charge >= 0.3 is 0 Å². The smallest absolute Gasteiger partial charge is 0.164 e. The van der Waals surface area contributed by atoms with Crippen LogP contribution in [0.5, 0.6) is 0 Å². The van der Waals surface area contributed by atoms with Gasteiger partial charge in [-0.3, -0.25) is 0 Å². The summed E-state index contributed by atoms with van der Waals surface area (Å²) >= 11 is 0. The number of hydrogen-bond donors (Lipinski definition) is 0. The van der Waals surface area contributed by atoms with Crippen molar-refractivity contribution < 1.29 is 0 Å². The molecule has 0 aliphatic heterocycles. The van der Waals surface area contributed by atoms with E-state index in [0.29, 0.717) is 23.0 Å². The van der Waals surface area contributed by atoms with Gasteiger partial charge in [-0.05, 0) is 81.9 Å². The van der Waals surface area contributed by atoms with Gasteiger partial charge in [-0.1, -0.05) is 129 Å². The van der Waals surface area contributed by atoms with Crippen LogP contribution in [0.3, 0.4) is 0 Å². The van der Waals surface area contributed by atoms with Crippen molar-refractivity contribution in [3.8, 4) is 68.2 Å². The summed E-state index contributed by atoms with van der Waals surface area (Å²) in [5.41, 5.74) is 13.5. The van der Waals surface area contributed by atoms with Gasteiger partial charge < -0.3 is 4.57 Å². The Morgan fingerprint density at radius 1 is 0.463 bits per heavy atom. The predicted molar refractivity (Wildman–Crippen MR) is 218 cm³/mol. The Labute approximate surface area is 313 Å². The summed E-state index contributed by atoms with van der Waals surface area (Å²) in [6, 6.07) is 59.0. The molecule has 10 rings (SSSR count). The van der Waals surface area contributed by atoms with Crippen molar-refractivity contribution in [3.63, 3.8) is 0 Å². The van der Waals surface area contributed by atoms with E-state index in [-0.39, 0.29) is 5.41 Å². The third kappa shape index (κ3) is 5.03. The zero-order valence-corrected chi connectivity index (χ0v) is 29.8. The first-order chi connectivity index (χ1) is 26.5. The van der Waals surface area contributed by atoms with Crippen molar-refractivity contribution in [2.75, 3.05) is 0 Å². The molecular formula is C49H33N5. The number of nitriles is 1. The Hall–Kier alpha value is -7.16. The molecule has 0 spiro atoms. The summed E-state index contributed by atoms with van der Waals surface area (Å²) < 4.78 is 2.37. The predicted octanol–water partition coefficient (Wildman–Crippen LogP) is 11.8. The minimum absolute atomic E-state index is 0.117. The lowest BCUT2D eigenvalue weighted by Crippen LogP contribution is -2.14. The van der Waals surface area contributed by atoms with E-state index < -0.39 is 0 Å². The van der Waals surface area contributed by atoms with Crippen molar-refractivity contribution in [1.29, 1.82) is 5.26 Å². The first-order valence-corrected chi connectivity index (χ1v) is 18.2. The van der Waals surface area contributed by atoms with Crippen LogP contribution in [0, 0.1) is 11.3 Å². The molecule has 5 heteroatoms. The van der Waals surface area contributed by atoms with Crippen LogP contribution in [0.2, 0.25) is 0 Å². The Balaban J connectivity index is 1.27. The molecule has 0 fully saturated rings. The first-order valence-electron chi connectivity index (χ1n) is 18.2. The Kier molecular flexibility index (Phi) is 7.14. The molecule has 2 aromatic heterocycles. The van der Waals surface area contributed by atoms with E-state index in [1.807, 2.05) is 78.9 Å². The highest BCUT2D eigenvalue weighted by molar-refractivity contribution is 6.11. The Morgan fingerprint density at radius 2 is 1.07 bits per heavy atom. The molecular weight excluding hydrogens is 659 g/mol. The van der Waals surface area contributed by atoms with Crippen LogP contribution in [-0.4, -0.2) is 19.5 Å². The van der Waals surface area contributed by atoms with Crippen molar-refractivity contribution >= 4 is 21.8 Å². The Morgan fingerprint density at radius 3 is 1.80 bits per heavy atom. The van der Waals surface area contributed by atoms with Crippen LogP contribution in [0.1, 0.15) is 30.5 Å². The standard InChI is InChI=1S/C49H33N5/c1-49(2)42-22-11-9-20-38(42)40-29-45-41(28-43(40)49)39-21-10-12-23-44(39)54(45)37-26-35(34-19-13-14-31(24-34)30-50)25-36(27-37)48-52-46(32-15-5-3-6-16-32)51-47(53-48)33-17-7-4-8-18-33/h3-29H,1-2H3. The van der Waals surface area contributed by atoms with E-state index in [0.717, 1.165) is 44.5 Å². The molecule has 5 nitrogen and oxygen atoms in total. The molecule has 254 valence electrons. The van der Waals surface area contributed by atoms with E-state index in [1.165, 1.54) is 33.0 Å². The maximum absolute atomic E-state index is 9.86. The number of fused-ring (bicyclic) bond motifs is 6. The highest BCUT2D eigenvalue weighted by Gasteiger charge is 2.36. The second-order valence-electron chi connectivity index (χ2n) is 14.4. The minimum atomic E-state index is -0.117. The highest BCUT2D eigenvalue weighted by atomic mass is 15.0. The van der Waals surface area contributed by atoms with Crippen molar-refractivity contribution in [3.05, 3.63) is 180 Å². The molecule has 0 unspecified atom stereocenters. The van der Waals surface area contributed by atoms with Gasteiger partial charge in [0.25, 0.3) is 0 Å². The Bertz CT molecular complexity index is 2910. The number of benzene rings is 7. The normalized spacial score (nSPS) is 12.8. The SMILES string of the molecule is CC1(C)c2ccccc2-c2cc3c(cc21)c1ccccc1n3-c1cc(-c2cccc(C#N)c2)cc(-c2nc(-c3ccccc3)nc(-c3ccccc3)n2)c1. The molecule has 0 saturated heterocycles. The molecule has 0 N–H and O–H groups in total. The third-order valence-corrected chi connectivity index (χ3v) is 10.8. The van der Waals surface area contributed by atoms with Crippen LogP contribution < -0.4 is 0 Å². The zero-order valence-electron chi connectivity index (χ0n) is 29.8. The van der Waals surface area contributed by atoms with Gasteiger partial charge in [0, 0.05) is 38.6 Å². The van der Waals surface area contributed by atoms with E-state index in [1.54, 1.807) is 0 Å². The quantitative estimate of drug-likeness (QED) is 0.180. The van der Waals surface area contributed by atoms with Crippen molar-refractivity contribution in [2.24, 2.45) is 0 Å². The van der Waals surface area contributed by atoms with Crippen molar-refractivity contribution in [2.45, 2.75) is 19.3 Å². The van der Waals surface area contributed by atoms with Gasteiger partial charge in [0.2, 0.25) is 0 Å². The monoisotopic (exact) mass is 691 g/mol. The molecule has 0 radical (unpaired) electrons. The summed E-state index contributed by atoms with van der Waals surface area (Å²) in [5, 5.41) is 12.3. The molecule has 1 aliphatic carbocycles. The van der Waals surface area contributed by atoms with E-state index >= 15 is 0 Å². The summed E-state index contributed by atoms with van der Waals surface area (Å²) in [5.74, 6) is 1.78. The molecule has 1 aliphatic rings. The van der Waals surface area contributed by atoms with Crippen LogP contribution in [-0.2, 0) is 5.41 Å². The fraction of sp³-hybridized carbons (Fsp3) is 0.0612. The molecule has 2 heterocycles. The van der Waals surface area contributed by atoms with E-state index in [9.17, 15) is 5.26 Å². The maximum atomic E-state index is 9.86. The number of hydrogen-bond acceptors (Lipinski definition) is 4. The zero-order chi connectivity index (χ0) is 36.4. The number of aromatic nitrogens is 4. The maximum Gasteiger partial charge on any atom is 0.164 e. The summed E-state index contributed by atoms with van der Waals surface area (Å²) in [4.78, 5) is 15.2. The van der Waals surface area contributed by atoms with Gasteiger partial charge in [-0.2, -0.15) is 5.26 Å². The lowest BCUT2D eigenvalue weighted by atomic mass is 9.82. The molecule has 0 atom stereocenters. The molecule has 54 heavy (non-hydrogen) atoms. The largest absolute Gasteiger partial charge is 0.309 e. The van der Waals surface area contributed by atoms with Gasteiger partial charge in [-0.25, -0.2) is 15.0 Å². The molecule has 0 amide bonds. The summed E-state index contributed by atoms with van der Waals surface area (Å²) in [6.07, 6.45) is 0. The summed E-state index contributed by atoms with van der Waals surface area (Å²) in [7, 11) is 0. The average molecular weight is 692 g/mol. The van der Waals surface area contributed by atoms with Crippen LogP contribution in [0.15, 0.2) is 164 Å². The van der Waals surface area contributed by atoms with Gasteiger partial charge in [0.15, 0.2) is 17.5 Å². The second-order valence-corrected chi connectivity index (χ2v) is 14.4. The minimum Gasteiger partial charge on any atom is -0.309 e. The van der Waals surface area contributed by atoms with Crippen LogP contribution in [0.25, 0.3) is 83.9 Å². The van der Waals surface area contributed by atoms with Crippen molar-refractivity contribution in [1.82, 2.24) is 19.5 Å². The number of para-hydroxylation sites is 1. The second kappa shape index (κ2) is 12.2. The van der Waals surface area contributed by atoms with Gasteiger partial charge in [0.05, 0.1) is 22.7 Å². The lowest BCUT2D eigenvalue weighted by molar-refractivity contribution is 0.661. The molecule has 9 aromatic rings. The highest BCUT2D eigenvalue weighted by Crippen LogP contribution is 2.51. The average Bonchev–Trinajstić information content (AvgIpc) is 3.68.